The van der Waals surface area contributed by atoms with Crippen LogP contribution in [0.15, 0.2) is 36.4 Å². The van der Waals surface area contributed by atoms with Crippen molar-refractivity contribution in [2.45, 2.75) is 0 Å². The van der Waals surface area contributed by atoms with Crippen molar-refractivity contribution in [1.82, 2.24) is 0 Å². The summed E-state index contributed by atoms with van der Waals surface area (Å²) in [5, 5.41) is 0.748. The summed E-state index contributed by atoms with van der Waals surface area (Å²) < 4.78 is 5.16. The molecule has 98 valence electrons. The molecular weight excluding hydrogens is 285 g/mol. The van der Waals surface area contributed by atoms with E-state index >= 15 is 0 Å². The van der Waals surface area contributed by atoms with Crippen LogP contribution in [0.2, 0.25) is 10.0 Å². The molecule has 0 aliphatic heterocycles. The fourth-order valence-electron chi connectivity index (χ4n) is 1.77. The van der Waals surface area contributed by atoms with Gasteiger partial charge in [0.05, 0.1) is 17.7 Å². The van der Waals surface area contributed by atoms with E-state index in [9.17, 15) is 4.79 Å². The van der Waals surface area contributed by atoms with Crippen molar-refractivity contribution in [2.75, 3.05) is 12.8 Å². The van der Waals surface area contributed by atoms with Gasteiger partial charge >= 0.3 is 0 Å². The molecule has 19 heavy (non-hydrogen) atoms. The number of nitrogen functional groups attached to an aromatic ring is 1. The number of benzene rings is 2. The smallest absolute Gasteiger partial charge is 0.200 e. The van der Waals surface area contributed by atoms with E-state index in [-0.39, 0.29) is 10.8 Å². The number of carbonyl (C=O) groups is 1. The summed E-state index contributed by atoms with van der Waals surface area (Å²) in [4.78, 5) is 12.5. The lowest BCUT2D eigenvalue weighted by Crippen LogP contribution is -2.08. The quantitative estimate of drug-likeness (QED) is 0.692. The molecule has 0 unspecified atom stereocenters. The number of hydrogen-bond donors (Lipinski definition) is 1. The maximum Gasteiger partial charge on any atom is 0.200 e. The van der Waals surface area contributed by atoms with Crippen LogP contribution in [0.25, 0.3) is 0 Å². The van der Waals surface area contributed by atoms with Crippen molar-refractivity contribution in [1.29, 1.82) is 0 Å². The summed E-state index contributed by atoms with van der Waals surface area (Å²) in [6, 6.07) is 9.72. The highest BCUT2D eigenvalue weighted by atomic mass is 35.5. The molecule has 2 aromatic rings. The molecule has 2 aromatic carbocycles. The van der Waals surface area contributed by atoms with E-state index in [1.165, 1.54) is 13.2 Å². The molecule has 0 aromatic heterocycles. The molecule has 0 saturated carbocycles. The first-order chi connectivity index (χ1) is 9.04. The molecule has 0 aliphatic carbocycles. The van der Waals surface area contributed by atoms with Crippen molar-refractivity contribution < 1.29 is 9.53 Å². The predicted molar refractivity (Wildman–Crippen MR) is 77.3 cm³/mol. The number of anilines is 1. The van der Waals surface area contributed by atoms with Crippen LogP contribution in [0.1, 0.15) is 15.9 Å². The van der Waals surface area contributed by atoms with Crippen molar-refractivity contribution in [3.05, 3.63) is 57.6 Å². The Morgan fingerprint density at radius 1 is 1.21 bits per heavy atom. The molecule has 3 nitrogen and oxygen atoms in total. The average molecular weight is 296 g/mol. The second-order valence-electron chi connectivity index (χ2n) is 3.88. The summed E-state index contributed by atoms with van der Waals surface area (Å²) >= 11 is 11.8. The Hall–Kier alpha value is -1.71. The number of hydrogen-bond acceptors (Lipinski definition) is 3. The molecule has 0 aliphatic rings. The van der Waals surface area contributed by atoms with Gasteiger partial charge in [-0.1, -0.05) is 29.3 Å². The summed E-state index contributed by atoms with van der Waals surface area (Å²) in [6.45, 7) is 0. The molecule has 0 heterocycles. The van der Waals surface area contributed by atoms with E-state index in [4.69, 9.17) is 33.7 Å². The molecule has 0 fully saturated rings. The Kier molecular flexibility index (Phi) is 3.98. The number of rotatable bonds is 3. The first kappa shape index (κ1) is 13.7. The van der Waals surface area contributed by atoms with Gasteiger partial charge in [-0.05, 0) is 30.3 Å². The summed E-state index contributed by atoms with van der Waals surface area (Å²) in [5.74, 6) is 0.118. The van der Waals surface area contributed by atoms with E-state index in [0.29, 0.717) is 27.6 Å². The molecule has 0 amide bonds. The van der Waals surface area contributed by atoms with Gasteiger partial charge in [0.2, 0.25) is 0 Å². The third-order valence-electron chi connectivity index (χ3n) is 2.68. The molecule has 0 bridgehead atoms. The third-order valence-corrected chi connectivity index (χ3v) is 3.23. The van der Waals surface area contributed by atoms with E-state index in [1.807, 2.05) is 0 Å². The second-order valence-corrected chi connectivity index (χ2v) is 4.72. The Balaban J connectivity index is 2.56. The van der Waals surface area contributed by atoms with Crippen molar-refractivity contribution >= 4 is 34.7 Å². The van der Waals surface area contributed by atoms with Crippen LogP contribution in [-0.2, 0) is 0 Å². The van der Waals surface area contributed by atoms with E-state index in [2.05, 4.69) is 0 Å². The fraction of sp³-hybridized carbons (Fsp3) is 0.0714. The normalized spacial score (nSPS) is 10.3. The van der Waals surface area contributed by atoms with Gasteiger partial charge < -0.3 is 10.5 Å². The van der Waals surface area contributed by atoms with E-state index in [0.717, 1.165) is 0 Å². The topological polar surface area (TPSA) is 52.3 Å². The highest BCUT2D eigenvalue weighted by molar-refractivity contribution is 6.37. The number of ketones is 1. The van der Waals surface area contributed by atoms with Crippen molar-refractivity contribution in [2.24, 2.45) is 0 Å². The van der Waals surface area contributed by atoms with Crippen LogP contribution in [0.4, 0.5) is 5.69 Å². The average Bonchev–Trinajstić information content (AvgIpc) is 2.37. The number of methoxy groups -OCH3 is 1. The fourth-order valence-corrected chi connectivity index (χ4v) is 2.26. The van der Waals surface area contributed by atoms with Crippen LogP contribution < -0.4 is 10.5 Å². The molecule has 2 rings (SSSR count). The van der Waals surface area contributed by atoms with Crippen LogP contribution in [-0.4, -0.2) is 12.9 Å². The minimum absolute atomic E-state index is 0.280. The Morgan fingerprint density at radius 2 is 1.95 bits per heavy atom. The maximum atomic E-state index is 12.5. The summed E-state index contributed by atoms with van der Waals surface area (Å²) in [6.07, 6.45) is 0. The molecule has 5 heteroatoms. The molecule has 2 N–H and O–H groups in total. The van der Waals surface area contributed by atoms with E-state index in [1.54, 1.807) is 30.3 Å². The highest BCUT2D eigenvalue weighted by Gasteiger charge is 2.19. The standard InChI is InChI=1S/C14H11Cl2NO2/c1-19-12-4-2-3-11(17)13(12)14(18)9-6-5-8(15)7-10(9)16/h2-7H,17H2,1H3. The lowest BCUT2D eigenvalue weighted by atomic mass is 10.0. The van der Waals surface area contributed by atoms with Gasteiger partial charge in [-0.25, -0.2) is 0 Å². The largest absolute Gasteiger partial charge is 0.496 e. The molecule has 0 radical (unpaired) electrons. The SMILES string of the molecule is COc1cccc(N)c1C(=O)c1ccc(Cl)cc1Cl. The zero-order valence-electron chi connectivity index (χ0n) is 10.1. The van der Waals surface area contributed by atoms with Crippen molar-refractivity contribution in [3.8, 4) is 5.75 Å². The first-order valence-corrected chi connectivity index (χ1v) is 6.22. The second kappa shape index (κ2) is 5.51. The highest BCUT2D eigenvalue weighted by Crippen LogP contribution is 2.30. The zero-order chi connectivity index (χ0) is 14.0. The lowest BCUT2D eigenvalue weighted by Gasteiger charge is -2.11. The van der Waals surface area contributed by atoms with Crippen LogP contribution >= 0.6 is 23.2 Å². The summed E-state index contributed by atoms with van der Waals surface area (Å²) in [7, 11) is 1.48. The zero-order valence-corrected chi connectivity index (χ0v) is 11.6. The van der Waals surface area contributed by atoms with Crippen LogP contribution in [0.5, 0.6) is 5.75 Å². The first-order valence-electron chi connectivity index (χ1n) is 5.47. The van der Waals surface area contributed by atoms with Gasteiger partial charge in [-0.15, -0.1) is 0 Å². The third kappa shape index (κ3) is 2.67. The van der Waals surface area contributed by atoms with Gasteiger partial charge in [0.25, 0.3) is 0 Å². The maximum absolute atomic E-state index is 12.5. The van der Waals surface area contributed by atoms with E-state index < -0.39 is 0 Å². The van der Waals surface area contributed by atoms with Crippen LogP contribution in [0, 0.1) is 0 Å². The monoisotopic (exact) mass is 295 g/mol. The summed E-state index contributed by atoms with van der Waals surface area (Å²) in [5.41, 5.74) is 6.82. The molecule has 0 saturated heterocycles. The van der Waals surface area contributed by atoms with Crippen molar-refractivity contribution in [3.63, 3.8) is 0 Å². The van der Waals surface area contributed by atoms with Gasteiger partial charge in [0.1, 0.15) is 5.75 Å². The molecular formula is C14H11Cl2NO2. The van der Waals surface area contributed by atoms with Gasteiger partial charge in [-0.2, -0.15) is 0 Å². The number of halogens is 2. The van der Waals surface area contributed by atoms with Gasteiger partial charge in [0.15, 0.2) is 5.78 Å². The number of ether oxygens (including phenoxy) is 1. The Morgan fingerprint density at radius 3 is 2.58 bits per heavy atom. The molecule has 0 spiro atoms. The predicted octanol–water partition coefficient (Wildman–Crippen LogP) is 3.82. The van der Waals surface area contributed by atoms with Crippen LogP contribution in [0.3, 0.4) is 0 Å². The number of nitrogens with two attached hydrogens (primary N) is 1. The van der Waals surface area contributed by atoms with Gasteiger partial charge in [-0.3, -0.25) is 4.79 Å². The minimum atomic E-state index is -0.295. The molecule has 0 atom stereocenters. The Bertz CT molecular complexity index is 641. The number of carbonyl (C=O) groups excluding carboxylic acids is 1. The minimum Gasteiger partial charge on any atom is -0.496 e. The van der Waals surface area contributed by atoms with Gasteiger partial charge in [0, 0.05) is 16.3 Å². The lowest BCUT2D eigenvalue weighted by molar-refractivity contribution is 0.103. The Labute approximate surface area is 120 Å².